The largest absolute Gasteiger partial charge is 0.473 e. The van der Waals surface area contributed by atoms with E-state index < -0.39 is 0 Å². The molecule has 0 saturated heterocycles. The second-order valence-electron chi connectivity index (χ2n) is 6.96. The van der Waals surface area contributed by atoms with Crippen molar-refractivity contribution in [1.29, 1.82) is 0 Å². The van der Waals surface area contributed by atoms with Gasteiger partial charge in [0.2, 0.25) is 5.88 Å². The SMILES string of the molecule is Cc1nn(-c2ccccc2)c(Cl)c1C(=O)NCc1ccnc(OCc2ccccc2)c1. The quantitative estimate of drug-likeness (QED) is 0.458. The highest BCUT2D eigenvalue weighted by molar-refractivity contribution is 6.33. The van der Waals surface area contributed by atoms with Crippen molar-refractivity contribution in [3.63, 3.8) is 0 Å². The smallest absolute Gasteiger partial charge is 0.256 e. The Morgan fingerprint density at radius 3 is 2.48 bits per heavy atom. The lowest BCUT2D eigenvalue weighted by molar-refractivity contribution is 0.0950. The molecule has 6 nitrogen and oxygen atoms in total. The zero-order valence-electron chi connectivity index (χ0n) is 17.0. The summed E-state index contributed by atoms with van der Waals surface area (Å²) >= 11 is 6.48. The average molecular weight is 433 g/mol. The number of amides is 1. The molecule has 0 bridgehead atoms. The number of nitrogens with one attached hydrogen (secondary N) is 1. The molecule has 4 rings (SSSR count). The minimum atomic E-state index is -0.284. The number of benzene rings is 2. The number of nitrogens with zero attached hydrogens (tertiary/aromatic N) is 3. The van der Waals surface area contributed by atoms with E-state index in [2.05, 4.69) is 15.4 Å². The van der Waals surface area contributed by atoms with Gasteiger partial charge in [-0.25, -0.2) is 9.67 Å². The lowest BCUT2D eigenvalue weighted by Crippen LogP contribution is -2.23. The maximum absolute atomic E-state index is 12.8. The number of hydrogen-bond donors (Lipinski definition) is 1. The maximum Gasteiger partial charge on any atom is 0.256 e. The molecule has 0 atom stereocenters. The van der Waals surface area contributed by atoms with Crippen LogP contribution in [0.25, 0.3) is 5.69 Å². The number of carbonyl (C=O) groups is 1. The van der Waals surface area contributed by atoms with Crippen LogP contribution in [-0.4, -0.2) is 20.7 Å². The van der Waals surface area contributed by atoms with E-state index in [1.54, 1.807) is 17.8 Å². The first kappa shape index (κ1) is 20.6. The van der Waals surface area contributed by atoms with Crippen molar-refractivity contribution < 1.29 is 9.53 Å². The first-order chi connectivity index (χ1) is 15.1. The van der Waals surface area contributed by atoms with Crippen LogP contribution in [0.5, 0.6) is 5.88 Å². The molecule has 1 amide bonds. The third-order valence-electron chi connectivity index (χ3n) is 4.71. The summed E-state index contributed by atoms with van der Waals surface area (Å²) in [4.78, 5) is 17.0. The van der Waals surface area contributed by atoms with Gasteiger partial charge in [-0.3, -0.25) is 4.79 Å². The maximum atomic E-state index is 12.8. The van der Waals surface area contributed by atoms with Crippen molar-refractivity contribution >= 4 is 17.5 Å². The van der Waals surface area contributed by atoms with Crippen LogP contribution in [0, 0.1) is 6.92 Å². The Kier molecular flexibility index (Phi) is 6.29. The molecule has 0 saturated carbocycles. The summed E-state index contributed by atoms with van der Waals surface area (Å²) in [5, 5.41) is 7.60. The molecule has 1 N–H and O–H groups in total. The number of hydrogen-bond acceptors (Lipinski definition) is 4. The molecule has 31 heavy (non-hydrogen) atoms. The monoisotopic (exact) mass is 432 g/mol. The molecule has 0 aliphatic heterocycles. The molecule has 0 aliphatic rings. The van der Waals surface area contributed by atoms with E-state index in [1.807, 2.05) is 72.8 Å². The minimum Gasteiger partial charge on any atom is -0.473 e. The topological polar surface area (TPSA) is 69.0 Å². The summed E-state index contributed by atoms with van der Waals surface area (Å²) in [5.74, 6) is 0.218. The van der Waals surface area contributed by atoms with Crippen LogP contribution in [0.1, 0.15) is 27.2 Å². The fraction of sp³-hybridized carbons (Fsp3) is 0.125. The lowest BCUT2D eigenvalue weighted by Gasteiger charge is -2.09. The molecule has 4 aromatic rings. The first-order valence-electron chi connectivity index (χ1n) is 9.82. The van der Waals surface area contributed by atoms with E-state index >= 15 is 0 Å². The van der Waals surface area contributed by atoms with Gasteiger partial charge in [0.05, 0.1) is 16.9 Å². The second kappa shape index (κ2) is 9.45. The Morgan fingerprint density at radius 1 is 1.03 bits per heavy atom. The van der Waals surface area contributed by atoms with Crippen molar-refractivity contribution in [2.45, 2.75) is 20.1 Å². The number of pyridine rings is 1. The van der Waals surface area contributed by atoms with Crippen molar-refractivity contribution in [2.75, 3.05) is 0 Å². The zero-order chi connectivity index (χ0) is 21.6. The van der Waals surface area contributed by atoms with Crippen molar-refractivity contribution in [1.82, 2.24) is 20.1 Å². The predicted molar refractivity (Wildman–Crippen MR) is 119 cm³/mol. The molecule has 2 aromatic heterocycles. The van der Waals surface area contributed by atoms with Crippen LogP contribution >= 0.6 is 11.6 Å². The molecule has 7 heteroatoms. The van der Waals surface area contributed by atoms with Gasteiger partial charge >= 0.3 is 0 Å². The Bertz CT molecular complexity index is 1180. The fourth-order valence-electron chi connectivity index (χ4n) is 3.14. The standard InChI is InChI=1S/C24H21ClN4O2/c1-17-22(23(25)29(28-17)20-10-6-3-7-11-20)24(30)27-15-19-12-13-26-21(14-19)31-16-18-8-4-2-5-9-18/h2-14H,15-16H2,1H3,(H,27,30). The van der Waals surface area contributed by atoms with Gasteiger partial charge in [0.25, 0.3) is 5.91 Å². The third kappa shape index (κ3) is 4.92. The summed E-state index contributed by atoms with van der Waals surface area (Å²) in [6.07, 6.45) is 1.66. The Hall–Kier alpha value is -3.64. The van der Waals surface area contributed by atoms with Crippen LogP contribution in [0.4, 0.5) is 0 Å². The summed E-state index contributed by atoms with van der Waals surface area (Å²) in [6.45, 7) is 2.51. The molecule has 0 unspecified atom stereocenters. The number of aromatic nitrogens is 3. The van der Waals surface area contributed by atoms with E-state index in [1.165, 1.54) is 0 Å². The van der Waals surface area contributed by atoms with Gasteiger partial charge in [-0.1, -0.05) is 60.1 Å². The minimum absolute atomic E-state index is 0.280. The summed E-state index contributed by atoms with van der Waals surface area (Å²) in [6, 6.07) is 23.0. The van der Waals surface area contributed by atoms with E-state index in [9.17, 15) is 4.79 Å². The molecule has 2 heterocycles. The molecule has 2 aromatic carbocycles. The van der Waals surface area contributed by atoms with Crippen LogP contribution in [0.3, 0.4) is 0 Å². The summed E-state index contributed by atoms with van der Waals surface area (Å²) in [5.41, 5.74) is 3.65. The number of halogens is 1. The van der Waals surface area contributed by atoms with Crippen molar-refractivity contribution in [3.8, 4) is 11.6 Å². The van der Waals surface area contributed by atoms with Gasteiger partial charge in [-0.05, 0) is 36.2 Å². The van der Waals surface area contributed by atoms with E-state index in [4.69, 9.17) is 16.3 Å². The van der Waals surface area contributed by atoms with Crippen molar-refractivity contribution in [3.05, 3.63) is 107 Å². The Labute approximate surface area is 185 Å². The van der Waals surface area contributed by atoms with Gasteiger partial charge < -0.3 is 10.1 Å². The van der Waals surface area contributed by atoms with Gasteiger partial charge in [0, 0.05) is 18.8 Å². The van der Waals surface area contributed by atoms with E-state index in [0.717, 1.165) is 16.8 Å². The van der Waals surface area contributed by atoms with Gasteiger partial charge in [-0.15, -0.1) is 0 Å². The normalized spacial score (nSPS) is 10.6. The zero-order valence-corrected chi connectivity index (χ0v) is 17.7. The number of rotatable bonds is 7. The fourth-order valence-corrected chi connectivity index (χ4v) is 3.50. The van der Waals surface area contributed by atoms with Crippen molar-refractivity contribution in [2.24, 2.45) is 0 Å². The Morgan fingerprint density at radius 2 is 1.74 bits per heavy atom. The Balaban J connectivity index is 1.42. The van der Waals surface area contributed by atoms with Crippen LogP contribution in [-0.2, 0) is 13.2 Å². The predicted octanol–water partition coefficient (Wildman–Crippen LogP) is 4.74. The van der Waals surface area contributed by atoms with Gasteiger partial charge in [0.15, 0.2) is 0 Å². The highest BCUT2D eigenvalue weighted by Crippen LogP contribution is 2.23. The number of ether oxygens (including phenoxy) is 1. The molecular weight excluding hydrogens is 412 g/mol. The van der Waals surface area contributed by atoms with E-state index in [-0.39, 0.29) is 11.1 Å². The van der Waals surface area contributed by atoms with Gasteiger partial charge in [-0.2, -0.15) is 5.10 Å². The summed E-state index contributed by atoms with van der Waals surface area (Å²) in [7, 11) is 0. The first-order valence-corrected chi connectivity index (χ1v) is 10.2. The molecule has 156 valence electrons. The molecule has 0 radical (unpaired) electrons. The lowest BCUT2D eigenvalue weighted by atomic mass is 10.2. The van der Waals surface area contributed by atoms with Crippen LogP contribution in [0.15, 0.2) is 79.0 Å². The molecule has 0 spiro atoms. The number of aryl methyl sites for hydroxylation is 1. The molecule has 0 aliphatic carbocycles. The molecular formula is C24H21ClN4O2. The average Bonchev–Trinajstić information content (AvgIpc) is 3.11. The van der Waals surface area contributed by atoms with Crippen LogP contribution in [0.2, 0.25) is 5.15 Å². The van der Waals surface area contributed by atoms with E-state index in [0.29, 0.717) is 30.3 Å². The number of carbonyl (C=O) groups excluding carboxylic acids is 1. The third-order valence-corrected chi connectivity index (χ3v) is 5.06. The highest BCUT2D eigenvalue weighted by Gasteiger charge is 2.21. The van der Waals surface area contributed by atoms with Gasteiger partial charge in [0.1, 0.15) is 11.8 Å². The van der Waals surface area contributed by atoms with Crippen LogP contribution < -0.4 is 10.1 Å². The highest BCUT2D eigenvalue weighted by atomic mass is 35.5. The molecule has 0 fully saturated rings. The second-order valence-corrected chi connectivity index (χ2v) is 7.32. The number of para-hydroxylation sites is 1. The summed E-state index contributed by atoms with van der Waals surface area (Å²) < 4.78 is 7.32.